The minimum absolute atomic E-state index is 0.110. The molecule has 0 saturated carbocycles. The van der Waals surface area contributed by atoms with Crippen molar-refractivity contribution in [2.75, 3.05) is 18.5 Å². The Hall–Kier alpha value is -1.60. The fraction of sp³-hybridized carbons (Fsp3) is 0.500. The second-order valence-electron chi connectivity index (χ2n) is 4.27. The first kappa shape index (κ1) is 13.8. The molecule has 1 aliphatic rings. The van der Waals surface area contributed by atoms with E-state index in [0.717, 1.165) is 25.9 Å². The first-order chi connectivity index (χ1) is 9.16. The van der Waals surface area contributed by atoms with Gasteiger partial charge in [0, 0.05) is 13.2 Å². The van der Waals surface area contributed by atoms with E-state index < -0.39 is 5.97 Å². The molecule has 0 aliphatic carbocycles. The maximum absolute atomic E-state index is 11.6. The van der Waals surface area contributed by atoms with Gasteiger partial charge in [-0.05, 0) is 30.7 Å². The lowest BCUT2D eigenvalue weighted by atomic mass is 10.2. The van der Waals surface area contributed by atoms with Crippen LogP contribution in [0.1, 0.15) is 29.6 Å². The van der Waals surface area contributed by atoms with Gasteiger partial charge in [0.05, 0.1) is 11.7 Å². The number of hydrogen-bond donors (Lipinski definition) is 3. The third-order valence-electron chi connectivity index (χ3n) is 2.90. The average Bonchev–Trinajstić information content (AvgIpc) is 2.99. The van der Waals surface area contributed by atoms with Gasteiger partial charge in [-0.3, -0.25) is 5.32 Å². The van der Waals surface area contributed by atoms with Crippen molar-refractivity contribution in [2.24, 2.45) is 0 Å². The minimum Gasteiger partial charge on any atom is -0.478 e. The molecule has 3 N–H and O–H groups in total. The number of nitrogens with one attached hydrogen (secondary N) is 2. The Morgan fingerprint density at radius 2 is 2.37 bits per heavy atom. The highest BCUT2D eigenvalue weighted by molar-refractivity contribution is 7.14. The van der Waals surface area contributed by atoms with Crippen LogP contribution >= 0.6 is 11.3 Å². The van der Waals surface area contributed by atoms with Crippen LogP contribution in [0.25, 0.3) is 0 Å². The molecule has 0 spiro atoms. The summed E-state index contributed by atoms with van der Waals surface area (Å²) in [6.07, 6.45) is 3.13. The highest BCUT2D eigenvalue weighted by Crippen LogP contribution is 2.22. The van der Waals surface area contributed by atoms with Gasteiger partial charge in [-0.25, -0.2) is 9.59 Å². The lowest BCUT2D eigenvalue weighted by Gasteiger charge is -2.10. The van der Waals surface area contributed by atoms with Crippen molar-refractivity contribution in [2.45, 2.75) is 25.4 Å². The van der Waals surface area contributed by atoms with Crippen LogP contribution in [0.2, 0.25) is 0 Å². The SMILES string of the molecule is O=C(NCCC1CCCO1)Nc1sccc1C(=O)O. The third kappa shape index (κ3) is 3.93. The summed E-state index contributed by atoms with van der Waals surface area (Å²) in [6.45, 7) is 1.32. The number of rotatable bonds is 5. The molecule has 0 bridgehead atoms. The molecule has 2 amide bonds. The van der Waals surface area contributed by atoms with E-state index in [1.165, 1.54) is 17.4 Å². The summed E-state index contributed by atoms with van der Waals surface area (Å²) in [4.78, 5) is 22.5. The first-order valence-corrected chi connectivity index (χ1v) is 7.02. The molecule has 1 aromatic rings. The Morgan fingerprint density at radius 3 is 3.05 bits per heavy atom. The Balaban J connectivity index is 1.74. The number of ether oxygens (including phenoxy) is 1. The number of carboxylic acid groups (broad SMARTS) is 1. The lowest BCUT2D eigenvalue weighted by molar-refractivity contribution is 0.0698. The topological polar surface area (TPSA) is 87.7 Å². The Labute approximate surface area is 114 Å². The fourth-order valence-corrected chi connectivity index (χ4v) is 2.71. The van der Waals surface area contributed by atoms with Gasteiger partial charge >= 0.3 is 12.0 Å². The van der Waals surface area contributed by atoms with Crippen LogP contribution in [0.5, 0.6) is 0 Å². The second kappa shape index (κ2) is 6.53. The standard InChI is InChI=1S/C12H16N2O4S/c15-11(16)9-4-7-19-10(9)14-12(17)13-5-3-8-2-1-6-18-8/h4,7-8H,1-3,5-6H2,(H,15,16)(H2,13,14,17). The monoisotopic (exact) mass is 284 g/mol. The summed E-state index contributed by atoms with van der Waals surface area (Å²) in [5.41, 5.74) is 0.110. The third-order valence-corrected chi connectivity index (χ3v) is 3.73. The normalized spacial score (nSPS) is 18.2. The van der Waals surface area contributed by atoms with Crippen molar-refractivity contribution < 1.29 is 19.4 Å². The van der Waals surface area contributed by atoms with Crippen molar-refractivity contribution in [3.05, 3.63) is 17.0 Å². The number of carboxylic acids is 1. The van der Waals surface area contributed by atoms with Gasteiger partial charge in [0.15, 0.2) is 0 Å². The zero-order valence-electron chi connectivity index (χ0n) is 10.3. The van der Waals surface area contributed by atoms with Gasteiger partial charge in [-0.2, -0.15) is 0 Å². The van der Waals surface area contributed by atoms with Gasteiger partial charge in [0.25, 0.3) is 0 Å². The molecule has 104 valence electrons. The molecule has 2 rings (SSSR count). The Kier molecular flexibility index (Phi) is 4.75. The molecule has 2 heterocycles. The average molecular weight is 284 g/mol. The van der Waals surface area contributed by atoms with Crippen molar-refractivity contribution in [1.82, 2.24) is 5.32 Å². The predicted octanol–water partition coefficient (Wildman–Crippen LogP) is 2.14. The van der Waals surface area contributed by atoms with Crippen LogP contribution in [0.15, 0.2) is 11.4 Å². The Morgan fingerprint density at radius 1 is 1.53 bits per heavy atom. The van der Waals surface area contributed by atoms with Crippen LogP contribution in [0, 0.1) is 0 Å². The molecule has 1 atom stereocenters. The van der Waals surface area contributed by atoms with E-state index >= 15 is 0 Å². The molecular formula is C12H16N2O4S. The summed E-state index contributed by atoms with van der Waals surface area (Å²) < 4.78 is 5.44. The first-order valence-electron chi connectivity index (χ1n) is 6.14. The molecule has 19 heavy (non-hydrogen) atoms. The van der Waals surface area contributed by atoms with E-state index in [9.17, 15) is 9.59 Å². The summed E-state index contributed by atoms with van der Waals surface area (Å²) in [5.74, 6) is -1.05. The van der Waals surface area contributed by atoms with Gasteiger partial charge < -0.3 is 15.2 Å². The zero-order valence-corrected chi connectivity index (χ0v) is 11.2. The zero-order chi connectivity index (χ0) is 13.7. The molecule has 0 aromatic carbocycles. The van der Waals surface area contributed by atoms with E-state index in [1.54, 1.807) is 5.38 Å². The van der Waals surface area contributed by atoms with Gasteiger partial charge in [0.2, 0.25) is 0 Å². The number of carbonyl (C=O) groups is 2. The van der Waals surface area contributed by atoms with E-state index in [-0.39, 0.29) is 17.7 Å². The number of carbonyl (C=O) groups excluding carboxylic acids is 1. The molecule has 1 saturated heterocycles. The summed E-state index contributed by atoms with van der Waals surface area (Å²) >= 11 is 1.19. The highest BCUT2D eigenvalue weighted by atomic mass is 32.1. The molecule has 1 aromatic heterocycles. The largest absolute Gasteiger partial charge is 0.478 e. The second-order valence-corrected chi connectivity index (χ2v) is 5.19. The molecule has 0 radical (unpaired) electrons. The maximum Gasteiger partial charge on any atom is 0.338 e. The Bertz CT molecular complexity index is 454. The van der Waals surface area contributed by atoms with Crippen LogP contribution in [-0.2, 0) is 4.74 Å². The fourth-order valence-electron chi connectivity index (χ4n) is 1.94. The van der Waals surface area contributed by atoms with Crippen LogP contribution in [0.3, 0.4) is 0 Å². The van der Waals surface area contributed by atoms with Crippen molar-refractivity contribution in [3.8, 4) is 0 Å². The smallest absolute Gasteiger partial charge is 0.338 e. The molecule has 6 nitrogen and oxygen atoms in total. The van der Waals surface area contributed by atoms with Crippen LogP contribution < -0.4 is 10.6 Å². The number of urea groups is 1. The number of thiophene rings is 1. The van der Waals surface area contributed by atoms with Gasteiger partial charge in [-0.1, -0.05) is 0 Å². The van der Waals surface area contributed by atoms with E-state index in [4.69, 9.17) is 9.84 Å². The van der Waals surface area contributed by atoms with Crippen LogP contribution in [0.4, 0.5) is 9.80 Å². The van der Waals surface area contributed by atoms with Crippen LogP contribution in [-0.4, -0.2) is 36.4 Å². The number of hydrogen-bond acceptors (Lipinski definition) is 4. The van der Waals surface area contributed by atoms with Crippen molar-refractivity contribution in [3.63, 3.8) is 0 Å². The maximum atomic E-state index is 11.6. The van der Waals surface area contributed by atoms with E-state index in [1.807, 2.05) is 0 Å². The van der Waals surface area contributed by atoms with E-state index in [2.05, 4.69) is 10.6 Å². The summed E-state index contributed by atoms with van der Waals surface area (Å²) in [5, 5.41) is 16.1. The molecule has 1 aliphatic heterocycles. The number of aromatic carboxylic acids is 1. The molecule has 1 fully saturated rings. The summed E-state index contributed by atoms with van der Waals surface area (Å²) in [7, 11) is 0. The minimum atomic E-state index is -1.05. The number of amides is 2. The van der Waals surface area contributed by atoms with Gasteiger partial charge in [-0.15, -0.1) is 11.3 Å². The highest BCUT2D eigenvalue weighted by Gasteiger charge is 2.16. The lowest BCUT2D eigenvalue weighted by Crippen LogP contribution is -2.31. The quantitative estimate of drug-likeness (QED) is 0.773. The molecule has 1 unspecified atom stereocenters. The van der Waals surface area contributed by atoms with Crippen molar-refractivity contribution in [1.29, 1.82) is 0 Å². The molecule has 7 heteroatoms. The van der Waals surface area contributed by atoms with Crippen molar-refractivity contribution >= 4 is 28.3 Å². The van der Waals surface area contributed by atoms with Gasteiger partial charge in [0.1, 0.15) is 5.00 Å². The van der Waals surface area contributed by atoms with E-state index in [0.29, 0.717) is 11.5 Å². The summed E-state index contributed by atoms with van der Waals surface area (Å²) in [6, 6.07) is 1.08. The predicted molar refractivity (Wildman–Crippen MR) is 71.9 cm³/mol. The number of anilines is 1. The molecular weight excluding hydrogens is 268 g/mol.